The summed E-state index contributed by atoms with van der Waals surface area (Å²) in [4.78, 5) is 52.5. The average molecular weight is 595 g/mol. The molecule has 212 valence electrons. The predicted octanol–water partition coefficient (Wildman–Crippen LogP) is 4.36. The van der Waals surface area contributed by atoms with Crippen molar-refractivity contribution >= 4 is 47.0 Å². The highest BCUT2D eigenvalue weighted by molar-refractivity contribution is 6.41. The normalized spacial score (nSPS) is 16.4. The van der Waals surface area contributed by atoms with Gasteiger partial charge in [0.2, 0.25) is 0 Å². The number of nitrogens with zero attached hydrogens (tertiary/aromatic N) is 1. The number of amides is 4. The number of aliphatic carboxylic acids is 1. The molecule has 0 radical (unpaired) electrons. The van der Waals surface area contributed by atoms with E-state index >= 15 is 0 Å². The van der Waals surface area contributed by atoms with E-state index in [1.807, 2.05) is 54.6 Å². The number of carboxylic acid groups (broad SMARTS) is 1. The molecule has 5 rings (SSSR count). The van der Waals surface area contributed by atoms with Crippen molar-refractivity contribution in [3.63, 3.8) is 0 Å². The molecule has 1 aliphatic heterocycles. The predicted molar refractivity (Wildman–Crippen MR) is 154 cm³/mol. The molecule has 0 aromatic heterocycles. The van der Waals surface area contributed by atoms with Gasteiger partial charge in [0.1, 0.15) is 6.04 Å². The number of carbonyl (C=O) groups excluding carboxylic acids is 3. The van der Waals surface area contributed by atoms with Crippen LogP contribution in [0.5, 0.6) is 0 Å². The maximum Gasteiger partial charge on any atom is 0.328 e. The summed E-state index contributed by atoms with van der Waals surface area (Å²) in [6, 6.07) is 16.6. The molecule has 1 aliphatic carbocycles. The number of hydrogen-bond acceptors (Lipinski definition) is 4. The molecule has 2 aliphatic rings. The van der Waals surface area contributed by atoms with Gasteiger partial charge in [0, 0.05) is 18.7 Å². The van der Waals surface area contributed by atoms with E-state index in [0.29, 0.717) is 30.6 Å². The maximum atomic E-state index is 13.2. The quantitative estimate of drug-likeness (QED) is 0.308. The first-order valence-corrected chi connectivity index (χ1v) is 14.0. The number of rotatable bonds is 8. The van der Waals surface area contributed by atoms with Crippen molar-refractivity contribution in [2.45, 2.75) is 37.9 Å². The summed E-state index contributed by atoms with van der Waals surface area (Å²) < 4.78 is 0. The van der Waals surface area contributed by atoms with Crippen LogP contribution in [0.1, 0.15) is 55.4 Å². The van der Waals surface area contributed by atoms with E-state index in [1.165, 1.54) is 6.07 Å². The fraction of sp³-hybridized carbons (Fsp3) is 0.267. The van der Waals surface area contributed by atoms with E-state index in [2.05, 4.69) is 16.0 Å². The Bertz CT molecular complexity index is 1510. The van der Waals surface area contributed by atoms with Gasteiger partial charge < -0.3 is 26.0 Å². The van der Waals surface area contributed by atoms with Crippen LogP contribution in [0.25, 0.3) is 0 Å². The third-order valence-electron chi connectivity index (χ3n) is 7.42. The third kappa shape index (κ3) is 6.16. The number of benzene rings is 3. The Labute approximate surface area is 246 Å². The van der Waals surface area contributed by atoms with Gasteiger partial charge >= 0.3 is 12.0 Å². The first-order chi connectivity index (χ1) is 19.7. The lowest BCUT2D eigenvalue weighted by atomic mass is 9.95. The van der Waals surface area contributed by atoms with Crippen molar-refractivity contribution in [1.29, 1.82) is 0 Å². The minimum Gasteiger partial charge on any atom is -0.480 e. The molecule has 0 bridgehead atoms. The van der Waals surface area contributed by atoms with E-state index in [-0.39, 0.29) is 34.1 Å². The van der Waals surface area contributed by atoms with E-state index in [4.69, 9.17) is 23.2 Å². The van der Waals surface area contributed by atoms with Gasteiger partial charge in [-0.25, -0.2) is 9.59 Å². The summed E-state index contributed by atoms with van der Waals surface area (Å²) in [6.07, 6.45) is 1.99. The molecule has 0 saturated carbocycles. The number of carbonyl (C=O) groups is 4. The molecule has 0 saturated heterocycles. The summed E-state index contributed by atoms with van der Waals surface area (Å²) in [5.74, 6) is -2.42. The molecule has 41 heavy (non-hydrogen) atoms. The molecule has 3 aromatic carbocycles. The van der Waals surface area contributed by atoms with Gasteiger partial charge in [0.15, 0.2) is 0 Å². The van der Waals surface area contributed by atoms with Crippen LogP contribution in [0.15, 0.2) is 60.7 Å². The minimum absolute atomic E-state index is 0.00690. The Morgan fingerprint density at radius 2 is 1.76 bits per heavy atom. The highest BCUT2D eigenvalue weighted by Gasteiger charge is 2.32. The van der Waals surface area contributed by atoms with Gasteiger partial charge in [0.25, 0.3) is 11.8 Å². The van der Waals surface area contributed by atoms with Gasteiger partial charge in [-0.1, -0.05) is 77.8 Å². The number of halogens is 2. The minimum atomic E-state index is -1.45. The van der Waals surface area contributed by atoms with Gasteiger partial charge in [-0.15, -0.1) is 0 Å². The van der Waals surface area contributed by atoms with Crippen LogP contribution < -0.4 is 16.0 Å². The summed E-state index contributed by atoms with van der Waals surface area (Å²) in [5, 5.41) is 17.4. The Kier molecular flexibility index (Phi) is 8.46. The summed E-state index contributed by atoms with van der Waals surface area (Å²) in [7, 11) is 0. The molecule has 4 amide bonds. The van der Waals surface area contributed by atoms with Crippen LogP contribution in [0, 0.1) is 0 Å². The molecule has 0 spiro atoms. The molecule has 11 heteroatoms. The summed E-state index contributed by atoms with van der Waals surface area (Å²) in [6.45, 7) is 0.449. The molecule has 2 atom stereocenters. The van der Waals surface area contributed by atoms with Crippen LogP contribution >= 0.6 is 23.2 Å². The number of urea groups is 1. The number of aryl methyl sites for hydroxylation is 1. The van der Waals surface area contributed by atoms with Crippen LogP contribution in [-0.4, -0.2) is 53.0 Å². The van der Waals surface area contributed by atoms with Crippen molar-refractivity contribution in [3.8, 4) is 0 Å². The molecule has 0 fully saturated rings. The second-order valence-electron chi connectivity index (χ2n) is 10.0. The zero-order valence-electron chi connectivity index (χ0n) is 22.0. The second kappa shape index (κ2) is 12.2. The molecule has 1 heterocycles. The van der Waals surface area contributed by atoms with Gasteiger partial charge in [-0.05, 0) is 47.6 Å². The second-order valence-corrected chi connectivity index (χ2v) is 10.8. The molecule has 9 nitrogen and oxygen atoms in total. The number of carboxylic acids is 1. The van der Waals surface area contributed by atoms with E-state index in [9.17, 15) is 24.3 Å². The SMILES string of the molecule is O=C(NC[C@@H](NC(=O)c1c(Cl)cc2c(c1Cl)CCN(Cc1ccccc1)C2=O)C(=O)O)NC1CCc2ccccc21. The van der Waals surface area contributed by atoms with Gasteiger partial charge in [-0.3, -0.25) is 9.59 Å². The topological polar surface area (TPSA) is 128 Å². The van der Waals surface area contributed by atoms with Crippen molar-refractivity contribution in [3.05, 3.63) is 104 Å². The molecular formula is C30H28Cl2N4O5. The maximum absolute atomic E-state index is 13.2. The smallest absolute Gasteiger partial charge is 0.328 e. The highest BCUT2D eigenvalue weighted by atomic mass is 35.5. The summed E-state index contributed by atoms with van der Waals surface area (Å²) >= 11 is 13.0. The zero-order valence-corrected chi connectivity index (χ0v) is 23.5. The van der Waals surface area contributed by atoms with Crippen LogP contribution in [0.3, 0.4) is 0 Å². The van der Waals surface area contributed by atoms with E-state index in [0.717, 1.165) is 29.5 Å². The molecule has 1 unspecified atom stereocenters. The largest absolute Gasteiger partial charge is 0.480 e. The Balaban J connectivity index is 1.24. The van der Waals surface area contributed by atoms with Gasteiger partial charge in [0.05, 0.1) is 28.2 Å². The van der Waals surface area contributed by atoms with Crippen LogP contribution in [0.4, 0.5) is 4.79 Å². The van der Waals surface area contributed by atoms with Gasteiger partial charge in [-0.2, -0.15) is 0 Å². The van der Waals surface area contributed by atoms with Crippen LogP contribution in [0.2, 0.25) is 10.0 Å². The number of nitrogens with one attached hydrogen (secondary N) is 3. The lowest BCUT2D eigenvalue weighted by Gasteiger charge is -2.30. The molecular weight excluding hydrogens is 567 g/mol. The van der Waals surface area contributed by atoms with Crippen molar-refractivity contribution in [2.75, 3.05) is 13.1 Å². The lowest BCUT2D eigenvalue weighted by molar-refractivity contribution is -0.139. The van der Waals surface area contributed by atoms with Crippen molar-refractivity contribution < 1.29 is 24.3 Å². The van der Waals surface area contributed by atoms with E-state index < -0.39 is 23.9 Å². The lowest BCUT2D eigenvalue weighted by Crippen LogP contribution is -2.50. The first-order valence-electron chi connectivity index (χ1n) is 13.2. The molecule has 3 aromatic rings. The summed E-state index contributed by atoms with van der Waals surface area (Å²) in [5.41, 5.74) is 3.85. The Morgan fingerprint density at radius 3 is 2.51 bits per heavy atom. The fourth-order valence-corrected chi connectivity index (χ4v) is 6.04. The van der Waals surface area contributed by atoms with E-state index in [1.54, 1.807) is 4.90 Å². The standard InChI is InChI=1S/C30H28Cl2N4O5/c31-22-14-21-20(12-13-36(28(21)38)16-17-6-2-1-3-7-17)26(32)25(22)27(37)34-24(29(39)40)15-33-30(41)35-23-11-10-18-8-4-5-9-19(18)23/h1-9,14,23-24H,10-13,15-16H2,(H,34,37)(H,39,40)(H2,33,35,41)/t23?,24-/m1/s1. The third-order valence-corrected chi connectivity index (χ3v) is 8.14. The molecule has 4 N–H and O–H groups in total. The first kappa shape index (κ1) is 28.4. The van der Waals surface area contributed by atoms with Crippen molar-refractivity contribution in [2.24, 2.45) is 0 Å². The monoisotopic (exact) mass is 594 g/mol. The van der Waals surface area contributed by atoms with Crippen LogP contribution in [-0.2, 0) is 24.2 Å². The highest BCUT2D eigenvalue weighted by Crippen LogP contribution is 2.35. The number of fused-ring (bicyclic) bond motifs is 2. The Hall–Kier alpha value is -4.08. The zero-order chi connectivity index (χ0) is 29.1. The number of hydrogen-bond donors (Lipinski definition) is 4. The van der Waals surface area contributed by atoms with Crippen molar-refractivity contribution in [1.82, 2.24) is 20.9 Å². The fourth-order valence-electron chi connectivity index (χ4n) is 5.32. The average Bonchev–Trinajstić information content (AvgIpc) is 3.36. The Morgan fingerprint density at radius 1 is 1.02 bits per heavy atom.